The van der Waals surface area contributed by atoms with Crippen LogP contribution in [0.1, 0.15) is 6.92 Å². The molecule has 1 heterocycles. The molecule has 0 saturated carbocycles. The number of rotatable bonds is 10. The van der Waals surface area contributed by atoms with Gasteiger partial charge in [-0.15, -0.1) is 0 Å². The van der Waals surface area contributed by atoms with E-state index in [-0.39, 0.29) is 44.1 Å². The fourth-order valence-corrected chi connectivity index (χ4v) is 3.18. The van der Waals surface area contributed by atoms with Crippen molar-refractivity contribution in [3.05, 3.63) is 23.8 Å². The number of halogens is 4. The fourth-order valence-electron chi connectivity index (χ4n) is 3.18. The second kappa shape index (κ2) is 11.5. The molecule has 14 heteroatoms. The van der Waals surface area contributed by atoms with Crippen LogP contribution in [0, 0.1) is 11.6 Å². The van der Waals surface area contributed by atoms with E-state index in [2.05, 4.69) is 5.32 Å². The molecule has 1 aliphatic heterocycles. The van der Waals surface area contributed by atoms with Crippen LogP contribution in [0.2, 0.25) is 0 Å². The Morgan fingerprint density at radius 3 is 2.42 bits per heavy atom. The maximum atomic E-state index is 14.9. The van der Waals surface area contributed by atoms with E-state index in [1.54, 1.807) is 6.92 Å². The number of hydrogen-bond donors (Lipinski definition) is 2. The van der Waals surface area contributed by atoms with Crippen LogP contribution in [0.5, 0.6) is 0 Å². The van der Waals surface area contributed by atoms with Gasteiger partial charge in [0, 0.05) is 32.3 Å². The number of carbonyl (C=O) groups excluding carboxylic acids is 3. The molecular formula is C19H25F4N5O5. The highest BCUT2D eigenvalue weighted by Gasteiger charge is 2.34. The zero-order chi connectivity index (χ0) is 24.7. The number of ether oxygens (including phenoxy) is 1. The minimum Gasteiger partial charge on any atom is -0.442 e. The lowest BCUT2D eigenvalue weighted by Crippen LogP contribution is -2.42. The van der Waals surface area contributed by atoms with Crippen LogP contribution in [-0.4, -0.2) is 82.5 Å². The van der Waals surface area contributed by atoms with E-state index in [4.69, 9.17) is 9.57 Å². The van der Waals surface area contributed by atoms with Crippen LogP contribution in [0.15, 0.2) is 12.1 Å². The monoisotopic (exact) mass is 479 g/mol. The Labute approximate surface area is 187 Å². The van der Waals surface area contributed by atoms with Gasteiger partial charge in [-0.05, 0) is 6.92 Å². The molecule has 1 aromatic rings. The van der Waals surface area contributed by atoms with Crippen LogP contribution < -0.4 is 20.4 Å². The van der Waals surface area contributed by atoms with Crippen LogP contribution in [0.25, 0.3) is 0 Å². The second-order valence-corrected chi connectivity index (χ2v) is 6.84. The number of hydroxylamine groups is 2. The van der Waals surface area contributed by atoms with Gasteiger partial charge >= 0.3 is 18.5 Å². The Bertz CT molecular complexity index is 852. The number of anilines is 2. The molecule has 0 unspecified atom stereocenters. The maximum absolute atomic E-state index is 14.9. The van der Waals surface area contributed by atoms with Crippen molar-refractivity contribution in [1.82, 2.24) is 15.7 Å². The van der Waals surface area contributed by atoms with E-state index in [0.29, 0.717) is 0 Å². The van der Waals surface area contributed by atoms with Gasteiger partial charge < -0.3 is 20.3 Å². The van der Waals surface area contributed by atoms with Gasteiger partial charge in [0.15, 0.2) is 11.6 Å². The molecule has 0 bridgehead atoms. The van der Waals surface area contributed by atoms with Gasteiger partial charge in [0.1, 0.15) is 11.8 Å². The summed E-state index contributed by atoms with van der Waals surface area (Å²) < 4.78 is 59.3. The van der Waals surface area contributed by atoms with Crippen molar-refractivity contribution in [3.63, 3.8) is 0 Å². The summed E-state index contributed by atoms with van der Waals surface area (Å²) in [4.78, 5) is 42.0. The smallest absolute Gasteiger partial charge is 0.414 e. The molecule has 1 saturated heterocycles. The zero-order valence-electron chi connectivity index (χ0n) is 18.2. The highest BCUT2D eigenvalue weighted by molar-refractivity contribution is 5.90. The van der Waals surface area contributed by atoms with Crippen molar-refractivity contribution in [1.29, 1.82) is 0 Å². The summed E-state index contributed by atoms with van der Waals surface area (Å²) in [6.07, 6.45) is -5.13. The molecule has 33 heavy (non-hydrogen) atoms. The summed E-state index contributed by atoms with van der Waals surface area (Å²) in [5, 5.41) is 5.28. The molecule has 184 valence electrons. The quantitative estimate of drug-likeness (QED) is 0.391. The number of likely N-dealkylation sites (N-methyl/N-ethyl adjacent to an activating group) is 1. The van der Waals surface area contributed by atoms with Crippen molar-refractivity contribution in [2.24, 2.45) is 0 Å². The molecule has 1 fully saturated rings. The molecule has 1 atom stereocenters. The van der Waals surface area contributed by atoms with Crippen LogP contribution in [-0.2, 0) is 14.4 Å². The number of amides is 4. The zero-order valence-corrected chi connectivity index (χ0v) is 18.2. The molecule has 0 aliphatic carbocycles. The highest BCUT2D eigenvalue weighted by atomic mass is 19.3. The lowest BCUT2D eigenvalue weighted by Gasteiger charge is -2.28. The van der Waals surface area contributed by atoms with Gasteiger partial charge in [0.25, 0.3) is 5.91 Å². The van der Waals surface area contributed by atoms with Crippen molar-refractivity contribution in [2.75, 3.05) is 56.7 Å². The molecule has 1 aliphatic rings. The number of hydrogen-bond acceptors (Lipinski definition) is 6. The van der Waals surface area contributed by atoms with Crippen molar-refractivity contribution < 1.29 is 41.5 Å². The van der Waals surface area contributed by atoms with Crippen LogP contribution >= 0.6 is 0 Å². The first-order chi connectivity index (χ1) is 15.6. The van der Waals surface area contributed by atoms with E-state index in [1.807, 2.05) is 5.32 Å². The molecule has 0 aromatic heterocycles. The van der Waals surface area contributed by atoms with Crippen molar-refractivity contribution in [2.45, 2.75) is 19.5 Å². The Kier molecular flexibility index (Phi) is 9.08. The number of nitrogens with one attached hydrogen (secondary N) is 2. The van der Waals surface area contributed by atoms with E-state index < -0.39 is 42.2 Å². The van der Waals surface area contributed by atoms with Crippen LogP contribution in [0.4, 0.5) is 38.5 Å². The molecule has 0 spiro atoms. The normalized spacial score (nSPS) is 15.5. The minimum absolute atomic E-state index is 0.00904. The number of cyclic esters (lactones) is 1. The average Bonchev–Trinajstić information content (AvgIpc) is 3.15. The van der Waals surface area contributed by atoms with E-state index in [1.165, 1.54) is 19.1 Å². The molecule has 2 N–H and O–H groups in total. The maximum Gasteiger partial charge on any atom is 0.414 e. The summed E-state index contributed by atoms with van der Waals surface area (Å²) >= 11 is 0. The van der Waals surface area contributed by atoms with Gasteiger partial charge in [-0.25, -0.2) is 23.4 Å². The first-order valence-corrected chi connectivity index (χ1v) is 9.94. The summed E-state index contributed by atoms with van der Waals surface area (Å²) in [6.45, 7) is 1.35. The summed E-state index contributed by atoms with van der Waals surface area (Å²) in [5.41, 5.74) is -0.496. The topological polar surface area (TPSA) is 103 Å². The Balaban J connectivity index is 2.13. The first-order valence-electron chi connectivity index (χ1n) is 9.94. The number of benzene rings is 1. The Hall–Kier alpha value is -3.29. The first kappa shape index (κ1) is 26.0. The van der Waals surface area contributed by atoms with Gasteiger partial charge in [-0.1, -0.05) is 0 Å². The summed E-state index contributed by atoms with van der Waals surface area (Å²) in [6, 6.07) is 1.35. The summed E-state index contributed by atoms with van der Waals surface area (Å²) in [7, 11) is 2.69. The fraction of sp³-hybridized carbons (Fsp3) is 0.526. The second-order valence-electron chi connectivity index (χ2n) is 6.84. The summed E-state index contributed by atoms with van der Waals surface area (Å²) in [5.74, 6) is -3.44. The molecule has 4 amide bonds. The molecule has 2 rings (SSSR count). The Morgan fingerprint density at radius 1 is 1.27 bits per heavy atom. The number of carbonyl (C=O) groups is 3. The predicted octanol–water partition coefficient (Wildman–Crippen LogP) is 1.70. The lowest BCUT2D eigenvalue weighted by atomic mass is 10.2. The molecular weight excluding hydrogens is 454 g/mol. The lowest BCUT2D eigenvalue weighted by molar-refractivity contribution is -0.132. The van der Waals surface area contributed by atoms with Crippen molar-refractivity contribution >= 4 is 29.4 Å². The third-order valence-electron chi connectivity index (χ3n) is 4.82. The third-order valence-corrected chi connectivity index (χ3v) is 4.82. The standard InChI is InChI=1S/C19H25F4N5O5/c1-4-26(5-6-28(32-3)18(30)24-2)15-13(20)7-11(8-14(15)21)27-10-12(33-19(27)31)9-25-17(29)16(22)23/h7-8,12,16H,4-6,9-10H2,1-3H3,(H,24,30)(H,25,29)/t12-/m0/s1. The van der Waals surface area contributed by atoms with Crippen LogP contribution in [0.3, 0.4) is 0 Å². The van der Waals surface area contributed by atoms with Gasteiger partial charge in [-0.2, -0.15) is 8.78 Å². The highest BCUT2D eigenvalue weighted by Crippen LogP contribution is 2.31. The Morgan fingerprint density at radius 2 is 1.91 bits per heavy atom. The van der Waals surface area contributed by atoms with E-state index in [0.717, 1.165) is 22.1 Å². The largest absolute Gasteiger partial charge is 0.442 e. The van der Waals surface area contributed by atoms with Crippen molar-refractivity contribution in [3.8, 4) is 0 Å². The molecule has 1 aromatic carbocycles. The van der Waals surface area contributed by atoms with Gasteiger partial charge in [-0.3, -0.25) is 14.5 Å². The molecule has 0 radical (unpaired) electrons. The number of nitrogens with zero attached hydrogens (tertiary/aromatic N) is 3. The number of urea groups is 1. The van der Waals surface area contributed by atoms with Gasteiger partial charge in [0.2, 0.25) is 0 Å². The van der Waals surface area contributed by atoms with Gasteiger partial charge in [0.05, 0.1) is 32.4 Å². The SMILES string of the molecule is CCN(CCN(OC)C(=O)NC)c1c(F)cc(N2C[C@H](CNC(=O)C(F)F)OC2=O)cc1F. The van der Waals surface area contributed by atoms with E-state index >= 15 is 0 Å². The average molecular weight is 479 g/mol. The third kappa shape index (κ3) is 6.37. The number of alkyl halides is 2. The molecule has 10 nitrogen and oxygen atoms in total. The minimum atomic E-state index is -3.22. The predicted molar refractivity (Wildman–Crippen MR) is 109 cm³/mol. The van der Waals surface area contributed by atoms with E-state index in [9.17, 15) is 31.9 Å².